The summed E-state index contributed by atoms with van der Waals surface area (Å²) in [5.41, 5.74) is 1.27. The highest BCUT2D eigenvalue weighted by molar-refractivity contribution is 6.08. The van der Waals surface area contributed by atoms with E-state index in [-0.39, 0.29) is 17.4 Å². The number of alkyl halides is 3. The topological polar surface area (TPSA) is 66.5 Å². The summed E-state index contributed by atoms with van der Waals surface area (Å²) < 4.78 is 37.8. The molecule has 134 valence electrons. The Morgan fingerprint density at radius 1 is 0.885 bits per heavy atom. The number of hydrazine groups is 1. The van der Waals surface area contributed by atoms with Crippen molar-refractivity contribution in [3.05, 3.63) is 59.7 Å². The fraction of sp³-hybridized carbons (Fsp3) is 0.278. The van der Waals surface area contributed by atoms with E-state index in [1.54, 1.807) is 0 Å². The van der Waals surface area contributed by atoms with Gasteiger partial charge in [-0.3, -0.25) is 19.8 Å². The average molecular weight is 362 g/mol. The average Bonchev–Trinajstić information content (AvgIpc) is 2.89. The molecule has 3 aliphatic carbocycles. The van der Waals surface area contributed by atoms with Crippen molar-refractivity contribution in [3.8, 4) is 0 Å². The fourth-order valence-corrected chi connectivity index (χ4v) is 3.73. The number of rotatable bonds is 2. The third kappa shape index (κ3) is 2.44. The molecule has 8 heteroatoms. The van der Waals surface area contributed by atoms with Crippen molar-refractivity contribution in [2.24, 2.45) is 23.7 Å². The summed E-state index contributed by atoms with van der Waals surface area (Å²) in [4.78, 5) is 37.4. The smallest absolute Gasteiger partial charge is 0.272 e. The highest BCUT2D eigenvalue weighted by Gasteiger charge is 2.55. The van der Waals surface area contributed by atoms with E-state index in [9.17, 15) is 27.6 Å². The quantitative estimate of drug-likeness (QED) is 0.649. The van der Waals surface area contributed by atoms with Crippen LogP contribution in [0.2, 0.25) is 0 Å². The summed E-state index contributed by atoms with van der Waals surface area (Å²) in [6, 6.07) is 3.55. The second-order valence-corrected chi connectivity index (χ2v) is 6.50. The normalized spacial score (nSPS) is 29.3. The molecule has 0 unspecified atom stereocenters. The van der Waals surface area contributed by atoms with Crippen molar-refractivity contribution in [3.63, 3.8) is 0 Å². The van der Waals surface area contributed by atoms with Crippen molar-refractivity contribution in [1.82, 2.24) is 10.4 Å². The van der Waals surface area contributed by atoms with Crippen molar-refractivity contribution in [2.75, 3.05) is 0 Å². The molecule has 1 fully saturated rings. The Hall–Kier alpha value is -2.90. The molecule has 1 heterocycles. The first kappa shape index (κ1) is 16.6. The molecule has 1 saturated heterocycles. The first-order valence-electron chi connectivity index (χ1n) is 8.00. The number of hydrogen-bond donors (Lipinski definition) is 1. The molecular weight excluding hydrogens is 349 g/mol. The van der Waals surface area contributed by atoms with Crippen molar-refractivity contribution in [2.45, 2.75) is 6.18 Å². The minimum Gasteiger partial charge on any atom is -0.272 e. The first-order valence-corrected chi connectivity index (χ1v) is 8.00. The largest absolute Gasteiger partial charge is 0.416 e. The maximum atomic E-state index is 12.6. The van der Waals surface area contributed by atoms with Gasteiger partial charge in [0.1, 0.15) is 0 Å². The van der Waals surface area contributed by atoms with E-state index in [2.05, 4.69) is 5.43 Å². The highest BCUT2D eigenvalue weighted by Crippen LogP contribution is 2.45. The predicted octanol–water partition coefficient (Wildman–Crippen LogP) is 2.32. The Balaban J connectivity index is 1.52. The van der Waals surface area contributed by atoms with Crippen LogP contribution in [0.15, 0.2) is 48.6 Å². The Labute approximate surface area is 146 Å². The standard InChI is InChI=1S/C18H13F3N2O3/c19-18(20,21)12-7-5-11(6-8-12)15(24)22-23-16(25)13-9-1-2-10(4-3-9)14(13)17(23)26/h1-10,13-14H,(H,22,24)/t9?,10?,13-,14+. The summed E-state index contributed by atoms with van der Waals surface area (Å²) in [6.45, 7) is 0. The van der Waals surface area contributed by atoms with Gasteiger partial charge in [-0.2, -0.15) is 18.2 Å². The number of benzene rings is 1. The van der Waals surface area contributed by atoms with Gasteiger partial charge in [-0.05, 0) is 24.3 Å². The lowest BCUT2D eigenvalue weighted by Crippen LogP contribution is -2.46. The van der Waals surface area contributed by atoms with Crippen LogP contribution in [0.4, 0.5) is 13.2 Å². The number of amides is 3. The molecule has 3 amide bonds. The molecule has 2 bridgehead atoms. The molecule has 5 rings (SSSR count). The Morgan fingerprint density at radius 2 is 1.35 bits per heavy atom. The van der Waals surface area contributed by atoms with Crippen molar-refractivity contribution < 1.29 is 27.6 Å². The number of allylic oxidation sites excluding steroid dienone is 4. The van der Waals surface area contributed by atoms with Crippen LogP contribution in [0, 0.1) is 23.7 Å². The van der Waals surface area contributed by atoms with E-state index in [1.807, 2.05) is 24.3 Å². The van der Waals surface area contributed by atoms with Gasteiger partial charge in [0, 0.05) is 17.4 Å². The minimum absolute atomic E-state index is 0.0762. The van der Waals surface area contributed by atoms with E-state index in [0.29, 0.717) is 5.01 Å². The zero-order valence-corrected chi connectivity index (χ0v) is 13.2. The number of hydrogen-bond acceptors (Lipinski definition) is 3. The summed E-state index contributed by atoms with van der Waals surface area (Å²) in [6.07, 6.45) is 2.98. The van der Waals surface area contributed by atoms with Gasteiger partial charge >= 0.3 is 6.18 Å². The van der Waals surface area contributed by atoms with Crippen molar-refractivity contribution >= 4 is 17.7 Å². The molecule has 2 atom stereocenters. The Kier molecular flexibility index (Phi) is 3.54. The zero-order chi connectivity index (χ0) is 18.6. The van der Waals surface area contributed by atoms with Gasteiger partial charge in [0.05, 0.1) is 17.4 Å². The lowest BCUT2D eigenvalue weighted by Gasteiger charge is -2.33. The molecule has 0 saturated carbocycles. The second-order valence-electron chi connectivity index (χ2n) is 6.50. The second kappa shape index (κ2) is 5.55. The molecule has 26 heavy (non-hydrogen) atoms. The van der Waals surface area contributed by atoms with Gasteiger partial charge < -0.3 is 0 Å². The van der Waals surface area contributed by atoms with Gasteiger partial charge in [0.15, 0.2) is 0 Å². The monoisotopic (exact) mass is 362 g/mol. The molecule has 5 nitrogen and oxygen atoms in total. The fourth-order valence-electron chi connectivity index (χ4n) is 3.73. The number of nitrogens with zero attached hydrogens (tertiary/aromatic N) is 1. The molecule has 0 spiro atoms. The molecular formula is C18H13F3N2O3. The molecule has 0 radical (unpaired) electrons. The lowest BCUT2D eigenvalue weighted by molar-refractivity contribution is -0.143. The summed E-state index contributed by atoms with van der Waals surface area (Å²) in [5, 5.41) is 0.704. The van der Waals surface area contributed by atoms with E-state index in [4.69, 9.17) is 0 Å². The van der Waals surface area contributed by atoms with Gasteiger partial charge in [-0.15, -0.1) is 0 Å². The number of carbonyl (C=O) groups is 3. The van der Waals surface area contributed by atoms with Crippen LogP contribution in [0.25, 0.3) is 0 Å². The Bertz CT molecular complexity index is 809. The first-order chi connectivity index (χ1) is 12.3. The number of nitrogens with one attached hydrogen (secondary N) is 1. The van der Waals surface area contributed by atoms with E-state index < -0.39 is 41.3 Å². The van der Waals surface area contributed by atoms with Crippen LogP contribution < -0.4 is 5.43 Å². The molecule has 1 aliphatic heterocycles. The number of carbonyl (C=O) groups excluding carboxylic acids is 3. The van der Waals surface area contributed by atoms with E-state index in [0.717, 1.165) is 24.3 Å². The predicted molar refractivity (Wildman–Crippen MR) is 83.0 cm³/mol. The minimum atomic E-state index is -4.51. The summed E-state index contributed by atoms with van der Waals surface area (Å²) in [5.74, 6) is -3.27. The third-order valence-corrected chi connectivity index (χ3v) is 5.03. The number of halogens is 3. The van der Waals surface area contributed by atoms with Crippen LogP contribution in [0.3, 0.4) is 0 Å². The third-order valence-electron chi connectivity index (χ3n) is 5.03. The van der Waals surface area contributed by atoms with Gasteiger partial charge in [0.25, 0.3) is 17.7 Å². The van der Waals surface area contributed by atoms with Crippen molar-refractivity contribution in [1.29, 1.82) is 0 Å². The summed E-state index contributed by atoms with van der Waals surface area (Å²) in [7, 11) is 0. The van der Waals surface area contributed by atoms with Gasteiger partial charge in [-0.1, -0.05) is 24.3 Å². The van der Waals surface area contributed by atoms with E-state index >= 15 is 0 Å². The van der Waals surface area contributed by atoms with Crippen LogP contribution in [-0.2, 0) is 15.8 Å². The maximum Gasteiger partial charge on any atom is 0.416 e. The molecule has 1 aromatic rings. The van der Waals surface area contributed by atoms with E-state index in [1.165, 1.54) is 0 Å². The van der Waals surface area contributed by atoms with Crippen LogP contribution in [0.1, 0.15) is 15.9 Å². The molecule has 0 aromatic heterocycles. The van der Waals surface area contributed by atoms with Gasteiger partial charge in [0.2, 0.25) is 0 Å². The van der Waals surface area contributed by atoms with Crippen LogP contribution in [-0.4, -0.2) is 22.7 Å². The van der Waals surface area contributed by atoms with Crippen LogP contribution >= 0.6 is 0 Å². The number of imide groups is 1. The Morgan fingerprint density at radius 3 is 1.77 bits per heavy atom. The van der Waals surface area contributed by atoms with Crippen LogP contribution in [0.5, 0.6) is 0 Å². The summed E-state index contributed by atoms with van der Waals surface area (Å²) >= 11 is 0. The highest BCUT2D eigenvalue weighted by atomic mass is 19.4. The molecule has 1 N–H and O–H groups in total. The lowest BCUT2D eigenvalue weighted by atomic mass is 9.67. The zero-order valence-electron chi connectivity index (χ0n) is 13.2. The SMILES string of the molecule is O=C(NN1C(=O)[C@@H]2C3C=CC(C=C3)[C@@H]2C1=O)c1ccc(C(F)(F)F)cc1. The molecule has 4 aliphatic rings. The molecule has 1 aromatic carbocycles. The van der Waals surface area contributed by atoms with Gasteiger partial charge in [-0.25, -0.2) is 0 Å². The maximum absolute atomic E-state index is 12.6.